The van der Waals surface area contributed by atoms with Gasteiger partial charge in [-0.05, 0) is 67.6 Å². The summed E-state index contributed by atoms with van der Waals surface area (Å²) >= 11 is 1.36. The van der Waals surface area contributed by atoms with Crippen molar-refractivity contribution in [3.05, 3.63) is 87.4 Å². The van der Waals surface area contributed by atoms with Crippen LogP contribution in [0, 0.1) is 12.7 Å². The Morgan fingerprint density at radius 1 is 0.875 bits per heavy atom. The van der Waals surface area contributed by atoms with Gasteiger partial charge in [-0.1, -0.05) is 0 Å². The lowest BCUT2D eigenvalue weighted by molar-refractivity contribution is 0.0740. The molecule has 0 aliphatic rings. The lowest BCUT2D eigenvalue weighted by Gasteiger charge is -2.05. The Morgan fingerprint density at radius 2 is 1.46 bits per heavy atom. The molecule has 0 aliphatic heterocycles. The average molecular weight is 340 g/mol. The summed E-state index contributed by atoms with van der Waals surface area (Å²) in [6.45, 7) is 1.91. The number of rotatable bonds is 4. The molecule has 1 aromatic heterocycles. The predicted octanol–water partition coefficient (Wildman–Crippen LogP) is 4.65. The van der Waals surface area contributed by atoms with E-state index >= 15 is 0 Å². The van der Waals surface area contributed by atoms with E-state index in [1.807, 2.05) is 13.0 Å². The van der Waals surface area contributed by atoms with Gasteiger partial charge in [-0.3, -0.25) is 4.79 Å². The van der Waals surface area contributed by atoms with Crippen molar-refractivity contribution >= 4 is 23.1 Å². The molecule has 3 rings (SSSR count). The van der Waals surface area contributed by atoms with Crippen LogP contribution in [0.4, 0.5) is 4.39 Å². The van der Waals surface area contributed by atoms with Crippen molar-refractivity contribution in [3.63, 3.8) is 0 Å². The van der Waals surface area contributed by atoms with Crippen molar-refractivity contribution in [3.8, 4) is 5.75 Å². The number of benzene rings is 2. The van der Waals surface area contributed by atoms with Crippen LogP contribution < -0.4 is 4.74 Å². The van der Waals surface area contributed by atoms with Crippen LogP contribution in [0.25, 0.3) is 0 Å². The van der Waals surface area contributed by atoms with Gasteiger partial charge in [0.05, 0.1) is 0 Å². The van der Waals surface area contributed by atoms with Crippen LogP contribution in [0.15, 0.2) is 60.7 Å². The molecule has 1 heterocycles. The van der Waals surface area contributed by atoms with Gasteiger partial charge >= 0.3 is 5.97 Å². The molecule has 0 unspecified atom stereocenters. The van der Waals surface area contributed by atoms with E-state index < -0.39 is 11.8 Å². The van der Waals surface area contributed by atoms with Crippen molar-refractivity contribution in [1.29, 1.82) is 0 Å². The van der Waals surface area contributed by atoms with Gasteiger partial charge in [-0.15, -0.1) is 11.3 Å². The minimum atomic E-state index is -0.425. The molecule has 3 aromatic rings. The highest BCUT2D eigenvalue weighted by Gasteiger charge is 2.12. The molecular weight excluding hydrogens is 327 g/mol. The number of aryl methyl sites for hydroxylation is 1. The van der Waals surface area contributed by atoms with Gasteiger partial charge in [0.1, 0.15) is 16.4 Å². The van der Waals surface area contributed by atoms with Crippen molar-refractivity contribution < 1.29 is 18.7 Å². The van der Waals surface area contributed by atoms with Crippen molar-refractivity contribution in [2.45, 2.75) is 6.92 Å². The fraction of sp³-hybridized carbons (Fsp3) is 0.0526. The van der Waals surface area contributed by atoms with Crippen LogP contribution >= 0.6 is 11.3 Å². The van der Waals surface area contributed by atoms with Gasteiger partial charge < -0.3 is 4.74 Å². The zero-order valence-electron chi connectivity index (χ0n) is 12.8. The van der Waals surface area contributed by atoms with Crippen LogP contribution in [0.3, 0.4) is 0 Å². The number of esters is 1. The van der Waals surface area contributed by atoms with E-state index in [0.29, 0.717) is 21.8 Å². The molecule has 0 saturated carbocycles. The molecule has 0 saturated heterocycles. The second kappa shape index (κ2) is 6.76. The quantitative estimate of drug-likeness (QED) is 0.395. The molecule has 120 valence electrons. The SMILES string of the molecule is Cc1ccc(C(=O)Oc2ccc(C(=O)c3ccc(F)cc3)cc2)s1. The summed E-state index contributed by atoms with van der Waals surface area (Å²) in [4.78, 5) is 25.8. The first-order chi connectivity index (χ1) is 11.5. The highest BCUT2D eigenvalue weighted by atomic mass is 32.1. The molecule has 5 heteroatoms. The molecule has 0 amide bonds. The second-order valence-electron chi connectivity index (χ2n) is 5.16. The summed E-state index contributed by atoms with van der Waals surface area (Å²) in [6.07, 6.45) is 0. The number of hydrogen-bond donors (Lipinski definition) is 0. The number of hydrogen-bond acceptors (Lipinski definition) is 4. The van der Waals surface area contributed by atoms with Gasteiger partial charge in [-0.25, -0.2) is 9.18 Å². The number of halogens is 1. The van der Waals surface area contributed by atoms with E-state index in [0.717, 1.165) is 4.88 Å². The van der Waals surface area contributed by atoms with Crippen molar-refractivity contribution in [1.82, 2.24) is 0 Å². The summed E-state index contributed by atoms with van der Waals surface area (Å²) in [5.74, 6) is -0.674. The van der Waals surface area contributed by atoms with Gasteiger partial charge in [0.15, 0.2) is 5.78 Å². The first kappa shape index (κ1) is 16.1. The third-order valence-electron chi connectivity index (χ3n) is 3.38. The average Bonchev–Trinajstić information content (AvgIpc) is 3.02. The molecule has 0 spiro atoms. The standard InChI is InChI=1S/C19H13FO3S/c1-12-2-11-17(24-12)19(22)23-16-9-5-14(6-10-16)18(21)13-3-7-15(20)8-4-13/h2-11H,1H3. The van der Waals surface area contributed by atoms with Crippen LogP contribution in [-0.2, 0) is 0 Å². The van der Waals surface area contributed by atoms with E-state index in [1.54, 1.807) is 30.3 Å². The summed E-state index contributed by atoms with van der Waals surface area (Å²) < 4.78 is 18.2. The molecule has 0 atom stereocenters. The van der Waals surface area contributed by atoms with E-state index in [9.17, 15) is 14.0 Å². The summed E-state index contributed by atoms with van der Waals surface area (Å²) in [5.41, 5.74) is 0.837. The second-order valence-corrected chi connectivity index (χ2v) is 6.45. The summed E-state index contributed by atoms with van der Waals surface area (Å²) in [5, 5.41) is 0. The number of thiophene rings is 1. The number of carbonyl (C=O) groups excluding carboxylic acids is 2. The highest BCUT2D eigenvalue weighted by molar-refractivity contribution is 7.13. The monoisotopic (exact) mass is 340 g/mol. The van der Waals surface area contributed by atoms with Gasteiger partial charge in [0.2, 0.25) is 0 Å². The normalized spacial score (nSPS) is 10.4. The minimum absolute atomic E-state index is 0.221. The molecule has 0 N–H and O–H groups in total. The Morgan fingerprint density at radius 3 is 2.00 bits per heavy atom. The molecule has 24 heavy (non-hydrogen) atoms. The van der Waals surface area contributed by atoms with Crippen LogP contribution in [0.5, 0.6) is 5.75 Å². The molecule has 0 fully saturated rings. The van der Waals surface area contributed by atoms with E-state index in [-0.39, 0.29) is 5.78 Å². The first-order valence-corrected chi connectivity index (χ1v) is 8.03. The summed E-state index contributed by atoms with van der Waals surface area (Å²) in [7, 11) is 0. The van der Waals surface area contributed by atoms with Crippen LogP contribution in [0.1, 0.15) is 30.5 Å². The molecular formula is C19H13FO3S. The Labute approximate surface area is 142 Å². The maximum absolute atomic E-state index is 12.9. The lowest BCUT2D eigenvalue weighted by Crippen LogP contribution is -2.07. The Kier molecular flexibility index (Phi) is 4.53. The number of ether oxygens (including phenoxy) is 1. The van der Waals surface area contributed by atoms with E-state index in [2.05, 4.69) is 0 Å². The van der Waals surface area contributed by atoms with Crippen LogP contribution in [-0.4, -0.2) is 11.8 Å². The predicted molar refractivity (Wildman–Crippen MR) is 90.3 cm³/mol. The maximum Gasteiger partial charge on any atom is 0.353 e. The van der Waals surface area contributed by atoms with E-state index in [4.69, 9.17) is 4.74 Å². The topological polar surface area (TPSA) is 43.4 Å². The number of carbonyl (C=O) groups is 2. The van der Waals surface area contributed by atoms with Crippen molar-refractivity contribution in [2.75, 3.05) is 0 Å². The Balaban J connectivity index is 1.72. The zero-order valence-corrected chi connectivity index (χ0v) is 13.6. The Bertz CT molecular complexity index is 880. The zero-order chi connectivity index (χ0) is 17.1. The molecule has 0 radical (unpaired) electrons. The minimum Gasteiger partial charge on any atom is -0.422 e. The Hall–Kier alpha value is -2.79. The van der Waals surface area contributed by atoms with Gasteiger partial charge in [0, 0.05) is 16.0 Å². The van der Waals surface area contributed by atoms with E-state index in [1.165, 1.54) is 35.6 Å². The molecule has 2 aromatic carbocycles. The molecule has 0 bridgehead atoms. The van der Waals surface area contributed by atoms with Gasteiger partial charge in [-0.2, -0.15) is 0 Å². The van der Waals surface area contributed by atoms with Gasteiger partial charge in [0.25, 0.3) is 0 Å². The smallest absolute Gasteiger partial charge is 0.353 e. The largest absolute Gasteiger partial charge is 0.422 e. The fourth-order valence-corrected chi connectivity index (χ4v) is 2.89. The third-order valence-corrected chi connectivity index (χ3v) is 4.36. The fourth-order valence-electron chi connectivity index (χ4n) is 2.14. The maximum atomic E-state index is 12.9. The molecule has 0 aliphatic carbocycles. The first-order valence-electron chi connectivity index (χ1n) is 7.22. The van der Waals surface area contributed by atoms with Crippen molar-refractivity contribution in [2.24, 2.45) is 0 Å². The molecule has 3 nitrogen and oxygen atoms in total. The third kappa shape index (κ3) is 3.58. The summed E-state index contributed by atoms with van der Waals surface area (Å²) in [6, 6.07) is 15.2. The van der Waals surface area contributed by atoms with Crippen LogP contribution in [0.2, 0.25) is 0 Å². The lowest BCUT2D eigenvalue weighted by atomic mass is 10.0. The number of ketones is 1. The highest BCUT2D eigenvalue weighted by Crippen LogP contribution is 2.20.